The lowest BCUT2D eigenvalue weighted by Gasteiger charge is -2.05. The average Bonchev–Trinajstić information content (AvgIpc) is 3.13. The summed E-state index contributed by atoms with van der Waals surface area (Å²) in [5.74, 6) is -1.34. The fourth-order valence-corrected chi connectivity index (χ4v) is 2.29. The van der Waals surface area contributed by atoms with Gasteiger partial charge in [-0.1, -0.05) is 11.2 Å². The van der Waals surface area contributed by atoms with Crippen LogP contribution in [-0.2, 0) is 13.2 Å². The quantitative estimate of drug-likeness (QED) is 0.686. The van der Waals surface area contributed by atoms with E-state index in [1.165, 1.54) is 12.1 Å². The summed E-state index contributed by atoms with van der Waals surface area (Å²) in [4.78, 5) is 12.1. The van der Waals surface area contributed by atoms with Crippen molar-refractivity contribution in [1.82, 2.24) is 10.5 Å². The Bertz CT molecular complexity index is 905. The number of para-hydroxylation sites is 1. The van der Waals surface area contributed by atoms with Crippen LogP contribution in [0.2, 0.25) is 0 Å². The smallest absolute Gasteiger partial charge is 0.251 e. The van der Waals surface area contributed by atoms with Gasteiger partial charge in [-0.15, -0.1) is 0 Å². The number of benzene rings is 2. The van der Waals surface area contributed by atoms with Crippen molar-refractivity contribution in [3.8, 4) is 11.5 Å². The third-order valence-corrected chi connectivity index (χ3v) is 3.67. The number of hydrogen-bond acceptors (Lipinski definition) is 5. The lowest BCUT2D eigenvalue weighted by atomic mass is 10.2. The molecule has 8 heteroatoms. The van der Waals surface area contributed by atoms with Crippen molar-refractivity contribution in [2.45, 2.75) is 13.2 Å². The van der Waals surface area contributed by atoms with E-state index < -0.39 is 17.4 Å². The molecule has 1 amide bonds. The summed E-state index contributed by atoms with van der Waals surface area (Å²) < 4.78 is 42.3. The normalized spacial score (nSPS) is 10.5. The zero-order chi connectivity index (χ0) is 19.2. The Hall–Kier alpha value is -3.42. The van der Waals surface area contributed by atoms with E-state index in [1.54, 1.807) is 31.4 Å². The van der Waals surface area contributed by atoms with Crippen molar-refractivity contribution in [2.75, 3.05) is 7.11 Å². The van der Waals surface area contributed by atoms with Gasteiger partial charge in [-0.2, -0.15) is 0 Å². The minimum Gasteiger partial charge on any atom is -0.497 e. The molecular weight excluding hydrogens is 358 g/mol. The topological polar surface area (TPSA) is 73.6 Å². The number of hydrogen-bond donors (Lipinski definition) is 1. The number of amides is 1. The number of aromatic nitrogens is 1. The third-order valence-electron chi connectivity index (χ3n) is 3.67. The Balaban J connectivity index is 1.54. The van der Waals surface area contributed by atoms with Crippen LogP contribution in [0, 0.1) is 11.6 Å². The molecule has 0 aliphatic carbocycles. The molecule has 0 aliphatic rings. The Kier molecular flexibility index (Phi) is 5.65. The summed E-state index contributed by atoms with van der Waals surface area (Å²) in [6.07, 6.45) is 0. The first-order valence-electron chi connectivity index (χ1n) is 8.00. The first-order valence-corrected chi connectivity index (χ1v) is 8.00. The van der Waals surface area contributed by atoms with Crippen LogP contribution in [0.25, 0.3) is 0 Å². The van der Waals surface area contributed by atoms with Gasteiger partial charge in [0.05, 0.1) is 13.7 Å². The Labute approximate surface area is 153 Å². The summed E-state index contributed by atoms with van der Waals surface area (Å²) in [5, 5.41) is 6.43. The van der Waals surface area contributed by atoms with Crippen LogP contribution in [0.5, 0.6) is 11.5 Å². The molecule has 1 heterocycles. The molecule has 0 unspecified atom stereocenters. The number of carbonyl (C=O) groups excluding carboxylic acids is 1. The number of methoxy groups -OCH3 is 1. The first-order chi connectivity index (χ1) is 13.1. The zero-order valence-corrected chi connectivity index (χ0v) is 14.4. The van der Waals surface area contributed by atoms with Crippen LogP contribution >= 0.6 is 0 Å². The highest BCUT2D eigenvalue weighted by Crippen LogP contribution is 2.22. The molecular formula is C19H16F2N2O4. The molecule has 0 saturated heterocycles. The van der Waals surface area contributed by atoms with Crippen molar-refractivity contribution in [3.05, 3.63) is 77.2 Å². The van der Waals surface area contributed by atoms with Crippen molar-refractivity contribution >= 4 is 5.91 Å². The maximum absolute atomic E-state index is 13.5. The van der Waals surface area contributed by atoms with Gasteiger partial charge in [0.2, 0.25) is 0 Å². The zero-order valence-electron chi connectivity index (χ0n) is 14.4. The van der Waals surface area contributed by atoms with Gasteiger partial charge in [-0.3, -0.25) is 4.79 Å². The van der Waals surface area contributed by atoms with Gasteiger partial charge >= 0.3 is 0 Å². The molecule has 1 aromatic heterocycles. The highest BCUT2D eigenvalue weighted by Gasteiger charge is 2.12. The number of halogens is 2. The monoisotopic (exact) mass is 374 g/mol. The van der Waals surface area contributed by atoms with Crippen LogP contribution in [0.4, 0.5) is 8.78 Å². The summed E-state index contributed by atoms with van der Waals surface area (Å²) in [7, 11) is 1.54. The first kappa shape index (κ1) is 18.4. The SMILES string of the molecule is COc1ccc(C(=O)NCc2cc(COc3c(F)cccc3F)no2)cc1. The molecule has 6 nitrogen and oxygen atoms in total. The maximum Gasteiger partial charge on any atom is 0.251 e. The maximum atomic E-state index is 13.5. The van der Waals surface area contributed by atoms with E-state index >= 15 is 0 Å². The number of carbonyl (C=O) groups is 1. The van der Waals surface area contributed by atoms with E-state index in [0.29, 0.717) is 22.8 Å². The molecule has 0 radical (unpaired) electrons. The third kappa shape index (κ3) is 4.60. The molecule has 3 aromatic rings. The number of rotatable bonds is 7. The Morgan fingerprint density at radius 2 is 1.85 bits per heavy atom. The van der Waals surface area contributed by atoms with Crippen LogP contribution < -0.4 is 14.8 Å². The fraction of sp³-hybridized carbons (Fsp3) is 0.158. The van der Waals surface area contributed by atoms with Crippen molar-refractivity contribution < 1.29 is 27.6 Å². The predicted octanol–water partition coefficient (Wildman–Crippen LogP) is 3.47. The Morgan fingerprint density at radius 3 is 2.52 bits per heavy atom. The summed E-state index contributed by atoms with van der Waals surface area (Å²) in [6, 6.07) is 11.6. The van der Waals surface area contributed by atoms with Gasteiger partial charge in [0.15, 0.2) is 23.1 Å². The number of ether oxygens (including phenoxy) is 2. The van der Waals surface area contributed by atoms with Gasteiger partial charge in [0, 0.05) is 11.6 Å². The largest absolute Gasteiger partial charge is 0.497 e. The minimum absolute atomic E-state index is 0.103. The standard InChI is InChI=1S/C19H16F2N2O4/c1-25-14-7-5-12(6-8-14)19(24)22-10-15-9-13(23-27-15)11-26-18-16(20)3-2-4-17(18)21/h2-9H,10-11H2,1H3,(H,22,24). The molecule has 2 aromatic carbocycles. The van der Waals surface area contributed by atoms with Gasteiger partial charge < -0.3 is 19.3 Å². The minimum atomic E-state index is -0.800. The van der Waals surface area contributed by atoms with Gasteiger partial charge in [-0.25, -0.2) is 8.78 Å². The van der Waals surface area contributed by atoms with Crippen LogP contribution in [0.1, 0.15) is 21.8 Å². The highest BCUT2D eigenvalue weighted by molar-refractivity contribution is 5.94. The molecule has 27 heavy (non-hydrogen) atoms. The lowest BCUT2D eigenvalue weighted by Crippen LogP contribution is -2.22. The molecule has 0 saturated carbocycles. The van der Waals surface area contributed by atoms with Gasteiger partial charge in [-0.05, 0) is 36.4 Å². The molecule has 0 spiro atoms. The number of nitrogens with one attached hydrogen (secondary N) is 1. The van der Waals surface area contributed by atoms with E-state index in [0.717, 1.165) is 12.1 Å². The molecule has 0 bridgehead atoms. The van der Waals surface area contributed by atoms with Crippen LogP contribution in [-0.4, -0.2) is 18.2 Å². The molecule has 3 rings (SSSR count). The second-order valence-electron chi connectivity index (χ2n) is 5.54. The fourth-order valence-electron chi connectivity index (χ4n) is 2.29. The second kappa shape index (κ2) is 8.31. The molecule has 0 fully saturated rings. The van der Waals surface area contributed by atoms with Crippen LogP contribution in [0.3, 0.4) is 0 Å². The van der Waals surface area contributed by atoms with E-state index in [9.17, 15) is 13.6 Å². The summed E-state index contributed by atoms with van der Waals surface area (Å²) >= 11 is 0. The van der Waals surface area contributed by atoms with E-state index in [1.807, 2.05) is 0 Å². The van der Waals surface area contributed by atoms with E-state index in [4.69, 9.17) is 14.0 Å². The summed E-state index contributed by atoms with van der Waals surface area (Å²) in [5.41, 5.74) is 0.806. The van der Waals surface area contributed by atoms with Crippen molar-refractivity contribution in [3.63, 3.8) is 0 Å². The molecule has 0 aliphatic heterocycles. The average molecular weight is 374 g/mol. The highest BCUT2D eigenvalue weighted by atomic mass is 19.1. The number of nitrogens with zero attached hydrogens (tertiary/aromatic N) is 1. The van der Waals surface area contributed by atoms with E-state index in [-0.39, 0.29) is 19.1 Å². The van der Waals surface area contributed by atoms with Crippen LogP contribution in [0.15, 0.2) is 53.1 Å². The Morgan fingerprint density at radius 1 is 1.15 bits per heavy atom. The second-order valence-corrected chi connectivity index (χ2v) is 5.54. The van der Waals surface area contributed by atoms with Crippen molar-refractivity contribution in [1.29, 1.82) is 0 Å². The summed E-state index contributed by atoms with van der Waals surface area (Å²) in [6.45, 7) is -0.0697. The van der Waals surface area contributed by atoms with Gasteiger partial charge in [0.25, 0.3) is 5.91 Å². The predicted molar refractivity (Wildman–Crippen MR) is 91.4 cm³/mol. The molecule has 0 atom stereocenters. The lowest BCUT2D eigenvalue weighted by molar-refractivity contribution is 0.0947. The molecule has 140 valence electrons. The van der Waals surface area contributed by atoms with Gasteiger partial charge in [0.1, 0.15) is 18.1 Å². The van der Waals surface area contributed by atoms with Crippen molar-refractivity contribution in [2.24, 2.45) is 0 Å². The van der Waals surface area contributed by atoms with E-state index in [2.05, 4.69) is 10.5 Å². The molecule has 1 N–H and O–H groups in total.